The number of piperazine rings is 2. The summed E-state index contributed by atoms with van der Waals surface area (Å²) in [5.74, 6) is 0.663. The number of carbonyl (C=O) groups is 1. The van der Waals surface area contributed by atoms with Gasteiger partial charge in [0.1, 0.15) is 6.17 Å². The first-order valence-electron chi connectivity index (χ1n) is 12.0. The van der Waals surface area contributed by atoms with Crippen LogP contribution in [0.1, 0.15) is 24.8 Å². The molecule has 1 unspecified atom stereocenters. The molecule has 5 heterocycles. The number of amides is 1. The number of hydrogen-bond acceptors (Lipinski definition) is 6. The second kappa shape index (κ2) is 8.33. The molecule has 1 amide bonds. The summed E-state index contributed by atoms with van der Waals surface area (Å²) in [4.78, 5) is 24.2. The van der Waals surface area contributed by atoms with Crippen molar-refractivity contribution in [2.24, 2.45) is 10.9 Å². The smallest absolute Gasteiger partial charge is 0.225 e. The summed E-state index contributed by atoms with van der Waals surface area (Å²) in [7, 11) is 0. The van der Waals surface area contributed by atoms with Gasteiger partial charge in [-0.1, -0.05) is 6.08 Å². The highest BCUT2D eigenvalue weighted by Gasteiger charge is 2.34. The minimum atomic E-state index is 0.265. The fourth-order valence-corrected chi connectivity index (χ4v) is 5.11. The Hall–Kier alpha value is -2.71. The van der Waals surface area contributed by atoms with E-state index in [0.717, 1.165) is 82.7 Å². The number of nitrogens with one attached hydrogen (secondary N) is 1. The van der Waals surface area contributed by atoms with Gasteiger partial charge in [-0.3, -0.25) is 14.7 Å². The lowest BCUT2D eigenvalue weighted by Gasteiger charge is -2.36. The predicted octanol–water partition coefficient (Wildman–Crippen LogP) is 1.48. The summed E-state index contributed by atoms with van der Waals surface area (Å²) in [6.45, 7) is 7.58. The fourth-order valence-electron chi connectivity index (χ4n) is 5.11. The molecular weight excluding hydrogens is 402 g/mol. The van der Waals surface area contributed by atoms with Crippen LogP contribution in [0.25, 0.3) is 11.1 Å². The zero-order valence-corrected chi connectivity index (χ0v) is 18.5. The van der Waals surface area contributed by atoms with Crippen molar-refractivity contribution in [2.75, 3.05) is 57.3 Å². The molecule has 2 aromatic rings. The van der Waals surface area contributed by atoms with Crippen molar-refractivity contribution < 1.29 is 4.79 Å². The molecule has 1 N–H and O–H groups in total. The van der Waals surface area contributed by atoms with Crippen molar-refractivity contribution in [3.63, 3.8) is 0 Å². The van der Waals surface area contributed by atoms with Gasteiger partial charge in [0.2, 0.25) is 5.91 Å². The monoisotopic (exact) mass is 433 g/mol. The van der Waals surface area contributed by atoms with E-state index in [9.17, 15) is 4.79 Å². The van der Waals surface area contributed by atoms with E-state index < -0.39 is 0 Å². The first-order chi connectivity index (χ1) is 15.8. The Kier molecular flexibility index (Phi) is 5.19. The third-order valence-electron chi connectivity index (χ3n) is 7.19. The van der Waals surface area contributed by atoms with Gasteiger partial charge in [-0.05, 0) is 30.5 Å². The Bertz CT molecular complexity index is 1060. The van der Waals surface area contributed by atoms with Crippen molar-refractivity contribution >= 4 is 28.9 Å². The minimum Gasteiger partial charge on any atom is -0.366 e. The number of fused-ring (bicyclic) bond motifs is 1. The van der Waals surface area contributed by atoms with Gasteiger partial charge in [0, 0.05) is 88.9 Å². The van der Waals surface area contributed by atoms with Crippen molar-refractivity contribution in [3.8, 4) is 0 Å². The van der Waals surface area contributed by atoms with Crippen LogP contribution in [0.3, 0.4) is 0 Å². The lowest BCUT2D eigenvalue weighted by molar-refractivity contribution is -0.132. The molecule has 4 aliphatic rings. The van der Waals surface area contributed by atoms with Crippen LogP contribution in [-0.4, -0.2) is 90.1 Å². The molecule has 0 spiro atoms. The maximum absolute atomic E-state index is 12.4. The molecule has 2 aromatic heterocycles. The van der Waals surface area contributed by atoms with Crippen molar-refractivity contribution in [1.29, 1.82) is 0 Å². The zero-order valence-electron chi connectivity index (χ0n) is 18.5. The second-order valence-corrected chi connectivity index (χ2v) is 9.30. The quantitative estimate of drug-likeness (QED) is 0.791. The van der Waals surface area contributed by atoms with Gasteiger partial charge in [0.25, 0.3) is 0 Å². The van der Waals surface area contributed by atoms with E-state index in [0.29, 0.717) is 11.8 Å². The van der Waals surface area contributed by atoms with Crippen molar-refractivity contribution in [1.82, 2.24) is 24.7 Å². The molecular formula is C24H31N7O. The average Bonchev–Trinajstić information content (AvgIpc) is 3.62. The first kappa shape index (κ1) is 19.9. The molecule has 1 saturated carbocycles. The number of aliphatic imine (C=N–C) groups is 1. The molecule has 8 heteroatoms. The van der Waals surface area contributed by atoms with E-state index in [1.165, 1.54) is 11.3 Å². The van der Waals surface area contributed by atoms with Gasteiger partial charge in [0.15, 0.2) is 0 Å². The first-order valence-corrected chi connectivity index (χ1v) is 12.0. The standard InChI is InChI=1S/C24H31N7O/c32-24(18-1-2-18)30-13-11-28(12-14-30)21-5-6-27-31-17-20(15-22(21)31)19-3-4-23(26-16-19)29-9-7-25-8-10-29/h3,5-6,15-18,23,25H,1-2,4,7-14H2. The Morgan fingerprint density at radius 2 is 1.88 bits per heavy atom. The Labute approximate surface area is 188 Å². The number of nitrogens with zero attached hydrogens (tertiary/aromatic N) is 6. The van der Waals surface area contributed by atoms with Crippen molar-refractivity contribution in [3.05, 3.63) is 36.2 Å². The highest BCUT2D eigenvalue weighted by molar-refractivity contribution is 6.11. The summed E-state index contributed by atoms with van der Waals surface area (Å²) in [6.07, 6.45) is 11.7. The van der Waals surface area contributed by atoms with Crippen LogP contribution < -0.4 is 10.2 Å². The molecule has 1 atom stereocenters. The molecule has 0 radical (unpaired) electrons. The van der Waals surface area contributed by atoms with E-state index in [4.69, 9.17) is 4.99 Å². The number of hydrogen-bond donors (Lipinski definition) is 1. The number of rotatable bonds is 4. The number of carbonyl (C=O) groups excluding carboxylic acids is 1. The molecule has 0 bridgehead atoms. The summed E-state index contributed by atoms with van der Waals surface area (Å²) in [6, 6.07) is 4.33. The minimum absolute atomic E-state index is 0.265. The Morgan fingerprint density at radius 3 is 2.59 bits per heavy atom. The summed E-state index contributed by atoms with van der Waals surface area (Å²) >= 11 is 0. The van der Waals surface area contributed by atoms with Crippen LogP contribution in [0.5, 0.6) is 0 Å². The lowest BCUT2D eigenvalue weighted by Crippen LogP contribution is -2.49. The predicted molar refractivity (Wildman–Crippen MR) is 126 cm³/mol. The topological polar surface area (TPSA) is 68.5 Å². The summed E-state index contributed by atoms with van der Waals surface area (Å²) in [5, 5.41) is 7.96. The summed E-state index contributed by atoms with van der Waals surface area (Å²) < 4.78 is 1.98. The zero-order chi connectivity index (χ0) is 21.5. The highest BCUT2D eigenvalue weighted by atomic mass is 16.2. The SMILES string of the molecule is O=C(C1CC1)N1CCN(c2ccnn3cc(C4=CCC(N5CCNCC5)N=C4)cc23)CC1. The molecule has 3 aliphatic heterocycles. The molecule has 1 aliphatic carbocycles. The summed E-state index contributed by atoms with van der Waals surface area (Å²) in [5.41, 5.74) is 4.64. The van der Waals surface area contributed by atoms with Gasteiger partial charge in [0.05, 0.1) is 11.2 Å². The van der Waals surface area contributed by atoms with Gasteiger partial charge in [-0.15, -0.1) is 0 Å². The maximum Gasteiger partial charge on any atom is 0.225 e. The number of anilines is 1. The molecule has 3 fully saturated rings. The third kappa shape index (κ3) is 3.82. The van der Waals surface area contributed by atoms with Crippen LogP contribution in [0.15, 0.2) is 35.6 Å². The van der Waals surface area contributed by atoms with Gasteiger partial charge in [-0.2, -0.15) is 5.10 Å². The Morgan fingerprint density at radius 1 is 1.06 bits per heavy atom. The largest absolute Gasteiger partial charge is 0.366 e. The number of aromatic nitrogens is 2. The van der Waals surface area contributed by atoms with Crippen LogP contribution in [0.2, 0.25) is 0 Å². The third-order valence-corrected chi connectivity index (χ3v) is 7.19. The van der Waals surface area contributed by atoms with Crippen LogP contribution in [0.4, 0.5) is 5.69 Å². The van der Waals surface area contributed by atoms with Gasteiger partial charge >= 0.3 is 0 Å². The van der Waals surface area contributed by atoms with E-state index in [1.54, 1.807) is 0 Å². The maximum atomic E-state index is 12.4. The van der Waals surface area contributed by atoms with E-state index in [1.807, 2.05) is 21.8 Å². The number of allylic oxidation sites excluding steroid dienone is 1. The fraction of sp³-hybridized carbons (Fsp3) is 0.542. The normalized spacial score (nSPS) is 24.8. The van der Waals surface area contributed by atoms with Gasteiger partial charge < -0.3 is 15.1 Å². The number of dihydropyridines is 1. The average molecular weight is 434 g/mol. The van der Waals surface area contributed by atoms with E-state index in [-0.39, 0.29) is 6.17 Å². The lowest BCUT2D eigenvalue weighted by atomic mass is 10.1. The second-order valence-electron chi connectivity index (χ2n) is 9.30. The van der Waals surface area contributed by atoms with Crippen LogP contribution in [-0.2, 0) is 4.79 Å². The Balaban J connectivity index is 1.17. The van der Waals surface area contributed by atoms with Gasteiger partial charge in [-0.25, -0.2) is 4.52 Å². The van der Waals surface area contributed by atoms with E-state index in [2.05, 4.69) is 44.6 Å². The van der Waals surface area contributed by atoms with Crippen LogP contribution >= 0.6 is 0 Å². The van der Waals surface area contributed by atoms with Crippen LogP contribution in [0, 0.1) is 5.92 Å². The van der Waals surface area contributed by atoms with Crippen molar-refractivity contribution in [2.45, 2.75) is 25.4 Å². The highest BCUT2D eigenvalue weighted by Crippen LogP contribution is 2.32. The van der Waals surface area contributed by atoms with E-state index >= 15 is 0 Å². The molecule has 8 nitrogen and oxygen atoms in total. The molecule has 168 valence electrons. The molecule has 6 rings (SSSR count). The molecule has 0 aromatic carbocycles. The molecule has 2 saturated heterocycles. The molecule has 32 heavy (non-hydrogen) atoms.